The number of hydrogen-bond donors (Lipinski definition) is 1. The highest BCUT2D eigenvalue weighted by Gasteiger charge is 2.10. The first-order valence-corrected chi connectivity index (χ1v) is 4.20. The fourth-order valence-corrected chi connectivity index (χ4v) is 0.822. The molecule has 0 bridgehead atoms. The van der Waals surface area contributed by atoms with Crippen molar-refractivity contribution in [2.75, 3.05) is 0 Å². The third-order valence-electron chi connectivity index (χ3n) is 2.11. The van der Waals surface area contributed by atoms with Crippen LogP contribution in [-0.2, 0) is 4.79 Å². The number of rotatable bonds is 4. The molecule has 0 saturated carbocycles. The number of carbonyl (C=O) groups is 1. The summed E-state index contributed by atoms with van der Waals surface area (Å²) in [6.07, 6.45) is 1.43. The fourth-order valence-electron chi connectivity index (χ4n) is 0.822. The van der Waals surface area contributed by atoms with E-state index >= 15 is 0 Å². The summed E-state index contributed by atoms with van der Waals surface area (Å²) in [4.78, 5) is 10.9. The van der Waals surface area contributed by atoms with Crippen molar-refractivity contribution < 1.29 is 4.79 Å². The van der Waals surface area contributed by atoms with Gasteiger partial charge in [-0.3, -0.25) is 4.79 Å². The second kappa shape index (κ2) is 5.16. The summed E-state index contributed by atoms with van der Waals surface area (Å²) >= 11 is 0. The zero-order valence-electron chi connectivity index (χ0n) is 7.68. The van der Waals surface area contributed by atoms with Crippen molar-refractivity contribution in [2.24, 2.45) is 5.92 Å². The molecule has 0 spiro atoms. The second-order valence-corrected chi connectivity index (χ2v) is 2.99. The average molecular weight is 156 g/mol. The molecule has 0 saturated heterocycles. The molecule has 0 heterocycles. The molecule has 65 valence electrons. The monoisotopic (exact) mass is 156 g/mol. The van der Waals surface area contributed by atoms with Gasteiger partial charge < -0.3 is 5.32 Å². The molecule has 0 aliphatic heterocycles. The van der Waals surface area contributed by atoms with Crippen LogP contribution in [0.4, 0.5) is 0 Å². The topological polar surface area (TPSA) is 29.1 Å². The van der Waals surface area contributed by atoms with Crippen LogP contribution < -0.4 is 5.32 Å². The molecule has 0 aliphatic rings. The van der Waals surface area contributed by atoms with Gasteiger partial charge in [0.1, 0.15) is 0 Å². The molecule has 2 nitrogen and oxygen atoms in total. The summed E-state index contributed by atoms with van der Waals surface area (Å²) in [5.41, 5.74) is 0. The van der Waals surface area contributed by atoms with E-state index in [9.17, 15) is 4.79 Å². The van der Waals surface area contributed by atoms with E-state index in [0.29, 0.717) is 12.3 Å². The largest absolute Gasteiger partial charge is 0.353 e. The van der Waals surface area contributed by atoms with Crippen LogP contribution in [0.2, 0.25) is 0 Å². The van der Waals surface area contributed by atoms with E-state index in [4.69, 9.17) is 0 Å². The molecule has 11 heavy (non-hydrogen) atoms. The maximum Gasteiger partial charge on any atom is 0.220 e. The molecule has 0 aliphatic carbocycles. The van der Waals surface area contributed by atoms with Crippen LogP contribution in [0.15, 0.2) is 0 Å². The summed E-state index contributed by atoms with van der Waals surface area (Å²) < 4.78 is 0. The van der Waals surface area contributed by atoms with E-state index in [-0.39, 0.29) is 11.9 Å². The third kappa shape index (κ3) is 4.02. The Morgan fingerprint density at radius 2 is 2.09 bits per heavy atom. The molecular formula is C9H18NO. The van der Waals surface area contributed by atoms with Gasteiger partial charge in [0, 0.05) is 12.5 Å². The highest BCUT2D eigenvalue weighted by Crippen LogP contribution is 2.06. The normalized spacial score (nSPS) is 15.6. The van der Waals surface area contributed by atoms with Gasteiger partial charge in [-0.05, 0) is 19.8 Å². The number of carbonyl (C=O) groups excluding carboxylic acids is 1. The Bertz CT molecular complexity index is 123. The lowest BCUT2D eigenvalue weighted by atomic mass is 10.0. The molecule has 1 N–H and O–H groups in total. The molecule has 0 fully saturated rings. The minimum atomic E-state index is 0.0396. The summed E-state index contributed by atoms with van der Waals surface area (Å²) in [7, 11) is 0. The van der Waals surface area contributed by atoms with Crippen LogP contribution in [0.5, 0.6) is 0 Å². The van der Waals surface area contributed by atoms with Crippen LogP contribution in [-0.4, -0.2) is 11.9 Å². The Morgan fingerprint density at radius 3 is 2.45 bits per heavy atom. The Balaban J connectivity index is 3.67. The second-order valence-electron chi connectivity index (χ2n) is 2.99. The van der Waals surface area contributed by atoms with E-state index in [2.05, 4.69) is 26.1 Å². The van der Waals surface area contributed by atoms with Gasteiger partial charge in [0.05, 0.1) is 0 Å². The van der Waals surface area contributed by atoms with E-state index in [0.717, 1.165) is 6.42 Å². The van der Waals surface area contributed by atoms with E-state index in [1.807, 2.05) is 6.92 Å². The van der Waals surface area contributed by atoms with Crippen LogP contribution in [0.3, 0.4) is 0 Å². The van der Waals surface area contributed by atoms with Crippen LogP contribution in [0.25, 0.3) is 0 Å². The van der Waals surface area contributed by atoms with Crippen molar-refractivity contribution in [1.29, 1.82) is 0 Å². The van der Waals surface area contributed by atoms with E-state index in [1.54, 1.807) is 0 Å². The molecule has 2 atom stereocenters. The van der Waals surface area contributed by atoms with Crippen molar-refractivity contribution in [3.05, 3.63) is 6.92 Å². The third-order valence-corrected chi connectivity index (χ3v) is 2.11. The molecule has 2 heteroatoms. The quantitative estimate of drug-likeness (QED) is 0.660. The van der Waals surface area contributed by atoms with Gasteiger partial charge in [0.25, 0.3) is 0 Å². The van der Waals surface area contributed by atoms with Crippen molar-refractivity contribution in [1.82, 2.24) is 5.32 Å². The van der Waals surface area contributed by atoms with Gasteiger partial charge in [-0.1, -0.05) is 20.3 Å². The lowest BCUT2D eigenvalue weighted by Gasteiger charge is -2.19. The lowest BCUT2D eigenvalue weighted by Crippen LogP contribution is -2.36. The van der Waals surface area contributed by atoms with Gasteiger partial charge >= 0.3 is 0 Å². The molecule has 1 radical (unpaired) electrons. The van der Waals surface area contributed by atoms with Crippen LogP contribution in [0, 0.1) is 12.8 Å². The van der Waals surface area contributed by atoms with Gasteiger partial charge in [-0.25, -0.2) is 0 Å². The average Bonchev–Trinajstić information content (AvgIpc) is 2.02. The van der Waals surface area contributed by atoms with Gasteiger partial charge in [-0.2, -0.15) is 0 Å². The predicted molar refractivity (Wildman–Crippen MR) is 47.0 cm³/mol. The first kappa shape index (κ1) is 10.5. The van der Waals surface area contributed by atoms with Crippen LogP contribution >= 0.6 is 0 Å². The maximum absolute atomic E-state index is 10.9. The highest BCUT2D eigenvalue weighted by atomic mass is 16.1. The zero-order chi connectivity index (χ0) is 8.85. The van der Waals surface area contributed by atoms with Crippen molar-refractivity contribution in [3.63, 3.8) is 0 Å². The van der Waals surface area contributed by atoms with Gasteiger partial charge in [0.15, 0.2) is 0 Å². The Morgan fingerprint density at radius 1 is 1.55 bits per heavy atom. The number of hydrogen-bond acceptors (Lipinski definition) is 1. The molecule has 0 aromatic carbocycles. The predicted octanol–water partition coefficient (Wildman–Crippen LogP) is 1.76. The minimum Gasteiger partial charge on any atom is -0.353 e. The molecule has 0 aromatic heterocycles. The standard InChI is InChI=1S/C9H18NO/c1-5-7(3)8(4)10-9(11)6-2/h7-8H,2,5-6H2,1,3-4H3,(H,10,11). The molecule has 1 amide bonds. The summed E-state index contributed by atoms with van der Waals surface area (Å²) in [5.74, 6) is 0.586. The smallest absolute Gasteiger partial charge is 0.220 e. The summed E-state index contributed by atoms with van der Waals surface area (Å²) in [5, 5.41) is 2.88. The first-order chi connectivity index (χ1) is 5.11. The van der Waals surface area contributed by atoms with Gasteiger partial charge in [0.2, 0.25) is 5.91 Å². The molecule has 0 rings (SSSR count). The SMILES string of the molecule is [CH2]CC(=O)NC(C)C(C)CC. The highest BCUT2D eigenvalue weighted by molar-refractivity contribution is 5.76. The summed E-state index contributed by atoms with van der Waals surface area (Å²) in [6, 6.07) is 0.272. The molecular weight excluding hydrogens is 138 g/mol. The zero-order valence-corrected chi connectivity index (χ0v) is 7.68. The van der Waals surface area contributed by atoms with Crippen molar-refractivity contribution in [3.8, 4) is 0 Å². The first-order valence-electron chi connectivity index (χ1n) is 4.20. The number of nitrogens with one attached hydrogen (secondary N) is 1. The van der Waals surface area contributed by atoms with E-state index in [1.165, 1.54) is 0 Å². The number of amides is 1. The van der Waals surface area contributed by atoms with E-state index < -0.39 is 0 Å². The van der Waals surface area contributed by atoms with Gasteiger partial charge in [-0.15, -0.1) is 0 Å². The fraction of sp³-hybridized carbons (Fsp3) is 0.778. The Labute approximate surface area is 69.4 Å². The maximum atomic E-state index is 10.9. The molecule has 2 unspecified atom stereocenters. The lowest BCUT2D eigenvalue weighted by molar-refractivity contribution is -0.121. The molecule has 0 aromatic rings. The van der Waals surface area contributed by atoms with Crippen LogP contribution in [0.1, 0.15) is 33.6 Å². The Kier molecular flexibility index (Phi) is 4.92. The Hall–Kier alpha value is -0.530. The summed E-state index contributed by atoms with van der Waals surface area (Å²) in [6.45, 7) is 9.80. The van der Waals surface area contributed by atoms with Crippen molar-refractivity contribution in [2.45, 2.75) is 39.7 Å². The van der Waals surface area contributed by atoms with Crippen molar-refractivity contribution >= 4 is 5.91 Å². The minimum absolute atomic E-state index is 0.0396.